The van der Waals surface area contributed by atoms with Crippen LogP contribution in [0.1, 0.15) is 21.5 Å². The summed E-state index contributed by atoms with van der Waals surface area (Å²) in [6.45, 7) is 2.32. The zero-order chi connectivity index (χ0) is 17.0. The lowest BCUT2D eigenvalue weighted by Crippen LogP contribution is -2.05. The second-order valence-corrected chi connectivity index (χ2v) is 5.43. The van der Waals surface area contributed by atoms with E-state index in [9.17, 15) is 4.79 Å². The lowest BCUT2D eigenvalue weighted by molar-refractivity contribution is 0.0697. The van der Waals surface area contributed by atoms with Crippen LogP contribution in [-0.4, -0.2) is 25.3 Å². The van der Waals surface area contributed by atoms with Gasteiger partial charge in [-0.15, -0.1) is 0 Å². The summed E-state index contributed by atoms with van der Waals surface area (Å²) >= 11 is 6.10. The number of hydrogen-bond donors (Lipinski definition) is 2. The summed E-state index contributed by atoms with van der Waals surface area (Å²) in [5.41, 5.74) is 2.79. The minimum absolute atomic E-state index is 0.259. The van der Waals surface area contributed by atoms with Crippen molar-refractivity contribution in [1.29, 1.82) is 0 Å². The molecule has 0 aromatic heterocycles. The predicted molar refractivity (Wildman–Crippen MR) is 90.0 cm³/mol. The monoisotopic (exact) mass is 335 g/mol. The van der Waals surface area contributed by atoms with Gasteiger partial charge in [-0.1, -0.05) is 11.6 Å². The molecule has 23 heavy (non-hydrogen) atoms. The Kier molecular flexibility index (Phi) is 5.34. The van der Waals surface area contributed by atoms with Crippen LogP contribution in [0, 0.1) is 6.92 Å². The highest BCUT2D eigenvalue weighted by Gasteiger charge is 2.12. The molecule has 0 amide bonds. The van der Waals surface area contributed by atoms with E-state index in [0.717, 1.165) is 16.8 Å². The van der Waals surface area contributed by atoms with E-state index in [1.807, 2.05) is 6.92 Å². The summed E-state index contributed by atoms with van der Waals surface area (Å²) in [7, 11) is 3.13. The van der Waals surface area contributed by atoms with Crippen molar-refractivity contribution in [2.75, 3.05) is 19.5 Å². The van der Waals surface area contributed by atoms with Gasteiger partial charge in [0, 0.05) is 28.9 Å². The second-order valence-electron chi connectivity index (χ2n) is 4.99. The Balaban J connectivity index is 2.24. The molecule has 0 fully saturated rings. The third kappa shape index (κ3) is 3.87. The standard InChI is InChI=1S/C17H18ClNO4/c1-10-6-11(17(20)21)4-5-14(10)19-9-12-7-13(18)8-15(22-2)16(12)23-3/h4-8,19H,9H2,1-3H3,(H,20,21). The van der Waals surface area contributed by atoms with Gasteiger partial charge in [-0.25, -0.2) is 4.79 Å². The Hall–Kier alpha value is -2.40. The average molecular weight is 336 g/mol. The van der Waals surface area contributed by atoms with E-state index in [4.69, 9.17) is 26.2 Å². The van der Waals surface area contributed by atoms with Crippen molar-refractivity contribution in [3.05, 3.63) is 52.0 Å². The zero-order valence-corrected chi connectivity index (χ0v) is 13.9. The predicted octanol–water partition coefficient (Wildman–Crippen LogP) is 3.98. The Morgan fingerprint density at radius 3 is 2.52 bits per heavy atom. The van der Waals surface area contributed by atoms with Gasteiger partial charge in [0.2, 0.25) is 0 Å². The van der Waals surface area contributed by atoms with Gasteiger partial charge >= 0.3 is 5.97 Å². The number of nitrogens with one attached hydrogen (secondary N) is 1. The van der Waals surface area contributed by atoms with Gasteiger partial charge in [0.15, 0.2) is 11.5 Å². The van der Waals surface area contributed by atoms with Crippen LogP contribution >= 0.6 is 11.6 Å². The number of carbonyl (C=O) groups is 1. The van der Waals surface area contributed by atoms with Gasteiger partial charge in [0.25, 0.3) is 0 Å². The molecular weight excluding hydrogens is 318 g/mol. The smallest absolute Gasteiger partial charge is 0.335 e. The summed E-state index contributed by atoms with van der Waals surface area (Å²) < 4.78 is 10.7. The number of anilines is 1. The Bertz CT molecular complexity index is 731. The van der Waals surface area contributed by atoms with E-state index in [1.165, 1.54) is 0 Å². The molecule has 0 aliphatic heterocycles. The van der Waals surface area contributed by atoms with Crippen LogP contribution in [0.5, 0.6) is 11.5 Å². The molecule has 6 heteroatoms. The van der Waals surface area contributed by atoms with E-state index < -0.39 is 5.97 Å². The molecule has 0 aliphatic rings. The van der Waals surface area contributed by atoms with Crippen molar-refractivity contribution >= 4 is 23.3 Å². The SMILES string of the molecule is COc1cc(Cl)cc(CNc2ccc(C(=O)O)cc2C)c1OC. The lowest BCUT2D eigenvalue weighted by Gasteiger charge is -2.15. The van der Waals surface area contributed by atoms with Crippen LogP contribution in [0.2, 0.25) is 5.02 Å². The Labute approximate surface area is 139 Å². The van der Waals surface area contributed by atoms with Crippen LogP contribution in [0.3, 0.4) is 0 Å². The molecule has 2 N–H and O–H groups in total. The summed E-state index contributed by atoms with van der Waals surface area (Å²) in [6.07, 6.45) is 0. The summed E-state index contributed by atoms with van der Waals surface area (Å²) in [5.74, 6) is 0.236. The zero-order valence-electron chi connectivity index (χ0n) is 13.1. The molecule has 0 bridgehead atoms. The number of carboxylic acid groups (broad SMARTS) is 1. The maximum atomic E-state index is 11.0. The molecule has 2 aromatic carbocycles. The molecule has 0 radical (unpaired) electrons. The number of aromatic carboxylic acids is 1. The van der Waals surface area contributed by atoms with Crippen LogP contribution in [0.25, 0.3) is 0 Å². The topological polar surface area (TPSA) is 67.8 Å². The Morgan fingerprint density at radius 2 is 1.96 bits per heavy atom. The summed E-state index contributed by atoms with van der Waals surface area (Å²) in [6, 6.07) is 8.43. The molecule has 0 saturated heterocycles. The van der Waals surface area contributed by atoms with Crippen LogP contribution in [0.15, 0.2) is 30.3 Å². The van der Waals surface area contributed by atoms with Crippen molar-refractivity contribution in [2.45, 2.75) is 13.5 Å². The number of halogens is 1. The number of aryl methyl sites for hydroxylation is 1. The molecule has 0 unspecified atom stereocenters. The average Bonchev–Trinajstić information content (AvgIpc) is 2.52. The van der Waals surface area contributed by atoms with Crippen LogP contribution in [-0.2, 0) is 6.54 Å². The maximum Gasteiger partial charge on any atom is 0.335 e. The molecule has 122 valence electrons. The third-order valence-electron chi connectivity index (χ3n) is 3.46. The van der Waals surface area contributed by atoms with Crippen molar-refractivity contribution in [3.63, 3.8) is 0 Å². The second kappa shape index (κ2) is 7.24. The van der Waals surface area contributed by atoms with Crippen molar-refractivity contribution < 1.29 is 19.4 Å². The molecule has 5 nitrogen and oxygen atoms in total. The quantitative estimate of drug-likeness (QED) is 0.835. The minimum atomic E-state index is -0.944. The highest BCUT2D eigenvalue weighted by atomic mass is 35.5. The van der Waals surface area contributed by atoms with E-state index in [1.54, 1.807) is 44.6 Å². The molecule has 0 aliphatic carbocycles. The maximum absolute atomic E-state index is 11.0. The van der Waals surface area contributed by atoms with Crippen LogP contribution in [0.4, 0.5) is 5.69 Å². The molecule has 2 rings (SSSR count). The highest BCUT2D eigenvalue weighted by Crippen LogP contribution is 2.35. The van der Waals surface area contributed by atoms with E-state index in [-0.39, 0.29) is 5.56 Å². The molecule has 2 aromatic rings. The minimum Gasteiger partial charge on any atom is -0.493 e. The first kappa shape index (κ1) is 17.0. The van der Waals surface area contributed by atoms with E-state index >= 15 is 0 Å². The van der Waals surface area contributed by atoms with Crippen molar-refractivity contribution in [2.24, 2.45) is 0 Å². The number of benzene rings is 2. The summed E-state index contributed by atoms with van der Waals surface area (Å²) in [5, 5.41) is 12.8. The fraction of sp³-hybridized carbons (Fsp3) is 0.235. The van der Waals surface area contributed by atoms with Gasteiger partial charge in [0.05, 0.1) is 19.8 Å². The van der Waals surface area contributed by atoms with Crippen LogP contribution < -0.4 is 14.8 Å². The fourth-order valence-electron chi connectivity index (χ4n) is 2.32. The van der Waals surface area contributed by atoms with Gasteiger partial charge in [0.1, 0.15) is 0 Å². The molecule has 0 heterocycles. The van der Waals surface area contributed by atoms with Crippen molar-refractivity contribution in [1.82, 2.24) is 0 Å². The lowest BCUT2D eigenvalue weighted by atomic mass is 10.1. The molecular formula is C17H18ClNO4. The van der Waals surface area contributed by atoms with Gasteiger partial charge in [-0.05, 0) is 36.8 Å². The number of ether oxygens (including phenoxy) is 2. The van der Waals surface area contributed by atoms with Gasteiger partial charge < -0.3 is 19.9 Å². The summed E-state index contributed by atoms with van der Waals surface area (Å²) in [4.78, 5) is 11.0. The normalized spacial score (nSPS) is 10.3. The number of rotatable bonds is 6. The first-order chi connectivity index (χ1) is 11.0. The largest absolute Gasteiger partial charge is 0.493 e. The number of methoxy groups -OCH3 is 2. The van der Waals surface area contributed by atoms with Gasteiger partial charge in [-0.2, -0.15) is 0 Å². The first-order valence-electron chi connectivity index (χ1n) is 6.94. The highest BCUT2D eigenvalue weighted by molar-refractivity contribution is 6.30. The van der Waals surface area contributed by atoms with E-state index in [0.29, 0.717) is 23.1 Å². The number of hydrogen-bond acceptors (Lipinski definition) is 4. The molecule has 0 saturated carbocycles. The van der Waals surface area contributed by atoms with Crippen molar-refractivity contribution in [3.8, 4) is 11.5 Å². The molecule has 0 spiro atoms. The first-order valence-corrected chi connectivity index (χ1v) is 7.32. The Morgan fingerprint density at radius 1 is 1.22 bits per heavy atom. The third-order valence-corrected chi connectivity index (χ3v) is 3.68. The fourth-order valence-corrected chi connectivity index (χ4v) is 2.55. The van der Waals surface area contributed by atoms with E-state index in [2.05, 4.69) is 5.32 Å². The number of carboxylic acids is 1. The van der Waals surface area contributed by atoms with Gasteiger partial charge in [-0.3, -0.25) is 0 Å². The molecule has 0 atom stereocenters.